The van der Waals surface area contributed by atoms with Gasteiger partial charge in [-0.25, -0.2) is 4.79 Å². The molecular weight excluding hydrogens is 334 g/mol. The minimum absolute atomic E-state index is 0.00172. The first-order valence-electron chi connectivity index (χ1n) is 9.22. The molecule has 2 heterocycles. The summed E-state index contributed by atoms with van der Waals surface area (Å²) in [6, 6.07) is 7.58. The Bertz CT molecular complexity index is 879. The van der Waals surface area contributed by atoms with E-state index in [2.05, 4.69) is 5.32 Å². The number of aryl methyl sites for hydroxylation is 2. The summed E-state index contributed by atoms with van der Waals surface area (Å²) in [4.78, 5) is 24.9. The van der Waals surface area contributed by atoms with Crippen molar-refractivity contribution in [3.05, 3.63) is 34.7 Å². The second-order valence-electron chi connectivity index (χ2n) is 7.45. The molecule has 1 amide bonds. The predicted molar refractivity (Wildman–Crippen MR) is 96.8 cm³/mol. The maximum Gasteiger partial charge on any atom is 0.328 e. The smallest absolute Gasteiger partial charge is 0.328 e. The van der Waals surface area contributed by atoms with Gasteiger partial charge in [-0.05, 0) is 31.4 Å². The van der Waals surface area contributed by atoms with Crippen molar-refractivity contribution in [3.63, 3.8) is 0 Å². The van der Waals surface area contributed by atoms with E-state index in [1.807, 2.05) is 24.3 Å². The molecular formula is C19H25N3O4. The number of amides is 1. The van der Waals surface area contributed by atoms with Gasteiger partial charge in [0.15, 0.2) is 0 Å². The third-order valence-electron chi connectivity index (χ3n) is 6.19. The molecule has 1 aromatic carbocycles. The normalized spacial score (nSPS) is 24.5. The summed E-state index contributed by atoms with van der Waals surface area (Å²) in [6.45, 7) is 1.61. The summed E-state index contributed by atoms with van der Waals surface area (Å²) < 4.78 is 8.65. The number of aromatic nitrogens is 2. The minimum atomic E-state index is -0.364. The van der Waals surface area contributed by atoms with Crippen LogP contribution in [-0.4, -0.2) is 45.5 Å². The Hall–Kier alpha value is -2.12. The molecule has 2 N–H and O–H groups in total. The van der Waals surface area contributed by atoms with Crippen LogP contribution in [0.1, 0.15) is 25.7 Å². The van der Waals surface area contributed by atoms with E-state index in [1.54, 1.807) is 16.2 Å². The maximum absolute atomic E-state index is 12.5. The van der Waals surface area contributed by atoms with E-state index in [-0.39, 0.29) is 35.6 Å². The number of benzene rings is 1. The van der Waals surface area contributed by atoms with Crippen molar-refractivity contribution in [2.75, 3.05) is 13.2 Å². The number of ether oxygens (including phenoxy) is 1. The Morgan fingerprint density at radius 2 is 2.00 bits per heavy atom. The molecule has 2 atom stereocenters. The minimum Gasteiger partial charge on any atom is -0.392 e. The summed E-state index contributed by atoms with van der Waals surface area (Å²) in [7, 11) is 1.74. The number of nitrogens with one attached hydrogen (secondary N) is 1. The highest BCUT2D eigenvalue weighted by Gasteiger charge is 2.55. The van der Waals surface area contributed by atoms with Gasteiger partial charge in [-0.2, -0.15) is 0 Å². The number of aliphatic hydroxyl groups is 1. The number of rotatable bonds is 4. The number of hydrogen-bond donors (Lipinski definition) is 2. The monoisotopic (exact) mass is 359 g/mol. The lowest BCUT2D eigenvalue weighted by Gasteiger charge is -2.55. The first-order chi connectivity index (χ1) is 12.5. The number of carbonyl (C=O) groups is 1. The fourth-order valence-corrected chi connectivity index (χ4v) is 4.46. The molecule has 2 fully saturated rings. The topological polar surface area (TPSA) is 85.5 Å². The molecule has 1 spiro atoms. The lowest BCUT2D eigenvalue weighted by atomic mass is 9.58. The van der Waals surface area contributed by atoms with Crippen LogP contribution < -0.4 is 11.0 Å². The van der Waals surface area contributed by atoms with Gasteiger partial charge in [-0.15, -0.1) is 0 Å². The molecule has 0 bridgehead atoms. The van der Waals surface area contributed by atoms with E-state index in [0.29, 0.717) is 26.2 Å². The van der Waals surface area contributed by atoms with Crippen LogP contribution >= 0.6 is 0 Å². The first kappa shape index (κ1) is 17.3. The molecule has 1 aromatic heterocycles. The SMILES string of the molecule is Cn1c(=O)n(CCC(=O)N[C@@H]2C[C@@H](O)C23CCOCC3)c2ccccc21. The zero-order valence-electron chi connectivity index (χ0n) is 15.0. The van der Waals surface area contributed by atoms with Gasteiger partial charge in [0.2, 0.25) is 5.91 Å². The van der Waals surface area contributed by atoms with Crippen molar-refractivity contribution in [1.82, 2.24) is 14.5 Å². The van der Waals surface area contributed by atoms with E-state index in [9.17, 15) is 14.7 Å². The van der Waals surface area contributed by atoms with Gasteiger partial charge < -0.3 is 15.2 Å². The summed E-state index contributed by atoms with van der Waals surface area (Å²) >= 11 is 0. The van der Waals surface area contributed by atoms with Crippen LogP contribution in [0.4, 0.5) is 0 Å². The number of para-hydroxylation sites is 2. The van der Waals surface area contributed by atoms with Gasteiger partial charge in [-0.1, -0.05) is 12.1 Å². The molecule has 1 saturated carbocycles. The third kappa shape index (κ3) is 2.66. The Kier molecular flexibility index (Phi) is 4.36. The average molecular weight is 359 g/mol. The summed E-state index contributed by atoms with van der Waals surface area (Å²) in [5, 5.41) is 13.3. The third-order valence-corrected chi connectivity index (χ3v) is 6.19. The summed E-state index contributed by atoms with van der Waals surface area (Å²) in [5.41, 5.74) is 1.36. The van der Waals surface area contributed by atoms with E-state index in [0.717, 1.165) is 23.9 Å². The van der Waals surface area contributed by atoms with Crippen LogP contribution in [-0.2, 0) is 23.1 Å². The molecule has 26 heavy (non-hydrogen) atoms. The molecule has 140 valence electrons. The van der Waals surface area contributed by atoms with Crippen LogP contribution in [0.25, 0.3) is 11.0 Å². The van der Waals surface area contributed by atoms with Gasteiger partial charge >= 0.3 is 5.69 Å². The molecule has 0 unspecified atom stereocenters. The van der Waals surface area contributed by atoms with Crippen molar-refractivity contribution in [3.8, 4) is 0 Å². The summed E-state index contributed by atoms with van der Waals surface area (Å²) in [5.74, 6) is -0.0763. The molecule has 0 radical (unpaired) electrons. The fraction of sp³-hybridized carbons (Fsp3) is 0.579. The van der Waals surface area contributed by atoms with Gasteiger partial charge in [0.05, 0.1) is 17.1 Å². The Morgan fingerprint density at radius 1 is 1.31 bits per heavy atom. The molecule has 2 aliphatic rings. The lowest BCUT2D eigenvalue weighted by Crippen LogP contribution is -2.65. The van der Waals surface area contributed by atoms with Crippen molar-refractivity contribution in [1.29, 1.82) is 0 Å². The fourth-order valence-electron chi connectivity index (χ4n) is 4.46. The second-order valence-corrected chi connectivity index (χ2v) is 7.45. The van der Waals surface area contributed by atoms with Gasteiger partial charge in [0.1, 0.15) is 0 Å². The second kappa shape index (κ2) is 6.55. The zero-order valence-corrected chi connectivity index (χ0v) is 15.0. The van der Waals surface area contributed by atoms with Crippen LogP contribution in [0.5, 0.6) is 0 Å². The van der Waals surface area contributed by atoms with Crippen LogP contribution in [0, 0.1) is 5.41 Å². The molecule has 7 heteroatoms. The van der Waals surface area contributed by atoms with Crippen LogP contribution in [0.2, 0.25) is 0 Å². The van der Waals surface area contributed by atoms with Crippen LogP contribution in [0.3, 0.4) is 0 Å². The number of imidazole rings is 1. The Morgan fingerprint density at radius 3 is 2.69 bits per heavy atom. The van der Waals surface area contributed by atoms with E-state index in [1.165, 1.54) is 0 Å². The van der Waals surface area contributed by atoms with E-state index >= 15 is 0 Å². The predicted octanol–water partition coefficient (Wildman–Crippen LogP) is 0.776. The van der Waals surface area contributed by atoms with Gasteiger partial charge in [-0.3, -0.25) is 13.9 Å². The zero-order chi connectivity index (χ0) is 18.3. The Balaban J connectivity index is 1.42. The number of nitrogens with zero attached hydrogens (tertiary/aromatic N) is 2. The van der Waals surface area contributed by atoms with Crippen molar-refractivity contribution < 1.29 is 14.6 Å². The van der Waals surface area contributed by atoms with Crippen molar-refractivity contribution in [2.24, 2.45) is 12.5 Å². The molecule has 1 aliphatic carbocycles. The van der Waals surface area contributed by atoms with Gasteiger partial charge in [0.25, 0.3) is 0 Å². The molecule has 7 nitrogen and oxygen atoms in total. The number of hydrogen-bond acceptors (Lipinski definition) is 4. The molecule has 4 rings (SSSR count). The quantitative estimate of drug-likeness (QED) is 0.845. The number of fused-ring (bicyclic) bond motifs is 1. The summed E-state index contributed by atoms with van der Waals surface area (Å²) in [6.07, 6.45) is 2.04. The number of carbonyl (C=O) groups excluding carboxylic acids is 1. The highest BCUT2D eigenvalue weighted by Crippen LogP contribution is 2.48. The molecule has 1 aliphatic heterocycles. The maximum atomic E-state index is 12.5. The number of aliphatic hydroxyl groups excluding tert-OH is 1. The largest absolute Gasteiger partial charge is 0.392 e. The van der Waals surface area contributed by atoms with E-state index in [4.69, 9.17) is 4.74 Å². The molecule has 2 aromatic rings. The van der Waals surface area contributed by atoms with Crippen molar-refractivity contribution in [2.45, 2.75) is 44.4 Å². The van der Waals surface area contributed by atoms with Crippen LogP contribution in [0.15, 0.2) is 29.1 Å². The highest BCUT2D eigenvalue weighted by molar-refractivity contribution is 5.78. The molecule has 1 saturated heterocycles. The average Bonchev–Trinajstić information content (AvgIpc) is 2.91. The first-order valence-corrected chi connectivity index (χ1v) is 9.22. The Labute approximate surface area is 151 Å². The lowest BCUT2D eigenvalue weighted by molar-refractivity contribution is -0.156. The van der Waals surface area contributed by atoms with Crippen molar-refractivity contribution >= 4 is 16.9 Å². The van der Waals surface area contributed by atoms with E-state index < -0.39 is 0 Å². The standard InChI is InChI=1S/C19H25N3O4/c1-21-13-4-2-3-5-14(13)22(18(21)25)9-6-17(24)20-15-12-16(23)19(15)7-10-26-11-8-19/h2-5,15-16,23H,6-12H2,1H3,(H,20,24)/t15-,16-/m1/s1. The highest BCUT2D eigenvalue weighted by atomic mass is 16.5. The van der Waals surface area contributed by atoms with Gasteiger partial charge in [0, 0.05) is 44.7 Å².